The van der Waals surface area contributed by atoms with Gasteiger partial charge in [-0.05, 0) is 71.4 Å². The van der Waals surface area contributed by atoms with Gasteiger partial charge in [-0.3, -0.25) is 4.79 Å². The molecule has 0 radical (unpaired) electrons. The zero-order chi connectivity index (χ0) is 24.2. The number of rotatable bonds is 6. The standard InChI is InChI=1S/C27H34F3NO2/c1-26(2,3)21-11-13-23(14-12-21)31-17-20-6-5-18(16-25(32)33-4)15-24(20)19-7-9-22(10-8-19)27(28,29)30/h5-10,15,21,23,31H,11-14,16-17H2,1-4H3. The van der Waals surface area contributed by atoms with E-state index in [0.29, 0.717) is 23.6 Å². The highest BCUT2D eigenvalue weighted by atomic mass is 19.4. The van der Waals surface area contributed by atoms with Crippen molar-refractivity contribution in [2.45, 2.75) is 71.6 Å². The first-order chi connectivity index (χ1) is 15.5. The van der Waals surface area contributed by atoms with Crippen LogP contribution in [-0.2, 0) is 28.7 Å². The largest absolute Gasteiger partial charge is 0.469 e. The van der Waals surface area contributed by atoms with E-state index in [-0.39, 0.29) is 12.4 Å². The summed E-state index contributed by atoms with van der Waals surface area (Å²) in [5, 5.41) is 3.66. The molecule has 0 amide bonds. The van der Waals surface area contributed by atoms with Crippen molar-refractivity contribution >= 4 is 5.97 Å². The molecule has 180 valence electrons. The van der Waals surface area contributed by atoms with Gasteiger partial charge in [0.05, 0.1) is 19.1 Å². The maximum Gasteiger partial charge on any atom is 0.416 e. The topological polar surface area (TPSA) is 38.3 Å². The Morgan fingerprint density at radius 2 is 1.64 bits per heavy atom. The Hall–Kier alpha value is -2.34. The monoisotopic (exact) mass is 461 g/mol. The summed E-state index contributed by atoms with van der Waals surface area (Å²) in [4.78, 5) is 11.7. The Kier molecular flexibility index (Phi) is 7.88. The van der Waals surface area contributed by atoms with E-state index in [1.807, 2.05) is 18.2 Å². The van der Waals surface area contributed by atoms with Crippen LogP contribution in [0.15, 0.2) is 42.5 Å². The fourth-order valence-corrected chi connectivity index (χ4v) is 4.65. The van der Waals surface area contributed by atoms with Gasteiger partial charge in [-0.1, -0.05) is 51.1 Å². The van der Waals surface area contributed by atoms with Crippen LogP contribution in [0, 0.1) is 11.3 Å². The molecule has 0 bridgehead atoms. The molecule has 2 aromatic rings. The van der Waals surface area contributed by atoms with Crippen LogP contribution in [0.5, 0.6) is 0 Å². The fourth-order valence-electron chi connectivity index (χ4n) is 4.65. The highest BCUT2D eigenvalue weighted by molar-refractivity contribution is 5.75. The number of nitrogens with one attached hydrogen (secondary N) is 1. The maximum absolute atomic E-state index is 13.0. The number of carbonyl (C=O) groups excluding carboxylic acids is 1. The van der Waals surface area contributed by atoms with E-state index in [1.165, 1.54) is 32.1 Å². The van der Waals surface area contributed by atoms with Gasteiger partial charge in [0, 0.05) is 12.6 Å². The molecule has 33 heavy (non-hydrogen) atoms. The van der Waals surface area contributed by atoms with Crippen LogP contribution < -0.4 is 5.32 Å². The van der Waals surface area contributed by atoms with Crippen LogP contribution in [0.4, 0.5) is 13.2 Å². The van der Waals surface area contributed by atoms with E-state index < -0.39 is 11.7 Å². The van der Waals surface area contributed by atoms with Gasteiger partial charge in [0.15, 0.2) is 0 Å². The van der Waals surface area contributed by atoms with Crippen molar-refractivity contribution in [3.8, 4) is 11.1 Å². The molecule has 0 aliphatic heterocycles. The molecule has 0 spiro atoms. The van der Waals surface area contributed by atoms with E-state index >= 15 is 0 Å². The normalized spacial score (nSPS) is 19.4. The van der Waals surface area contributed by atoms with Crippen molar-refractivity contribution in [3.05, 3.63) is 59.2 Å². The summed E-state index contributed by atoms with van der Waals surface area (Å²) in [7, 11) is 1.34. The van der Waals surface area contributed by atoms with Crippen LogP contribution in [0.3, 0.4) is 0 Å². The number of esters is 1. The minimum Gasteiger partial charge on any atom is -0.469 e. The molecule has 1 N–H and O–H groups in total. The summed E-state index contributed by atoms with van der Waals surface area (Å²) in [5.74, 6) is 0.380. The summed E-state index contributed by atoms with van der Waals surface area (Å²) in [6.45, 7) is 7.53. The molecule has 1 aliphatic rings. The molecular weight excluding hydrogens is 427 g/mol. The summed E-state index contributed by atoms with van der Waals surface area (Å²) < 4.78 is 43.8. The summed E-state index contributed by atoms with van der Waals surface area (Å²) >= 11 is 0. The Bertz CT molecular complexity index is 937. The highest BCUT2D eigenvalue weighted by Gasteiger charge is 2.31. The number of hydrogen-bond donors (Lipinski definition) is 1. The second-order valence-corrected chi connectivity index (χ2v) is 10.1. The molecular formula is C27H34F3NO2. The third-order valence-corrected chi connectivity index (χ3v) is 6.81. The average Bonchev–Trinajstić information content (AvgIpc) is 2.77. The van der Waals surface area contributed by atoms with Crippen molar-refractivity contribution in [1.29, 1.82) is 0 Å². The van der Waals surface area contributed by atoms with Crippen LogP contribution >= 0.6 is 0 Å². The molecule has 0 unspecified atom stereocenters. The van der Waals surface area contributed by atoms with Gasteiger partial charge in [0.2, 0.25) is 0 Å². The van der Waals surface area contributed by atoms with Gasteiger partial charge in [0.25, 0.3) is 0 Å². The Morgan fingerprint density at radius 1 is 1.00 bits per heavy atom. The van der Waals surface area contributed by atoms with Crippen molar-refractivity contribution in [3.63, 3.8) is 0 Å². The molecule has 1 saturated carbocycles. The number of benzene rings is 2. The smallest absolute Gasteiger partial charge is 0.416 e. The average molecular weight is 462 g/mol. The lowest BCUT2D eigenvalue weighted by Gasteiger charge is -2.37. The summed E-state index contributed by atoms with van der Waals surface area (Å²) in [5.41, 5.74) is 2.96. The summed E-state index contributed by atoms with van der Waals surface area (Å²) in [6, 6.07) is 11.4. The first-order valence-electron chi connectivity index (χ1n) is 11.6. The van der Waals surface area contributed by atoms with Crippen LogP contribution in [-0.4, -0.2) is 19.1 Å². The molecule has 2 aromatic carbocycles. The minimum atomic E-state index is -4.37. The van der Waals surface area contributed by atoms with E-state index in [2.05, 4.69) is 26.1 Å². The molecule has 6 heteroatoms. The third-order valence-electron chi connectivity index (χ3n) is 6.81. The number of carbonyl (C=O) groups is 1. The van der Waals surface area contributed by atoms with Crippen molar-refractivity contribution in [2.75, 3.05) is 7.11 Å². The van der Waals surface area contributed by atoms with Gasteiger partial charge in [0.1, 0.15) is 0 Å². The first kappa shape index (κ1) is 25.3. The Balaban J connectivity index is 1.78. The Morgan fingerprint density at radius 3 is 2.18 bits per heavy atom. The van der Waals surface area contributed by atoms with Crippen LogP contribution in [0.25, 0.3) is 11.1 Å². The van der Waals surface area contributed by atoms with E-state index in [4.69, 9.17) is 4.74 Å². The van der Waals surface area contributed by atoms with Crippen molar-refractivity contribution in [2.24, 2.45) is 11.3 Å². The minimum absolute atomic E-state index is 0.120. The van der Waals surface area contributed by atoms with Gasteiger partial charge in [-0.15, -0.1) is 0 Å². The SMILES string of the molecule is COC(=O)Cc1ccc(CNC2CCC(C(C)(C)C)CC2)c(-c2ccc(C(F)(F)F)cc2)c1. The quantitative estimate of drug-likeness (QED) is 0.482. The lowest BCUT2D eigenvalue weighted by Crippen LogP contribution is -2.35. The maximum atomic E-state index is 13.0. The number of halogens is 3. The zero-order valence-corrected chi connectivity index (χ0v) is 19.9. The molecule has 0 atom stereocenters. The lowest BCUT2D eigenvalue weighted by atomic mass is 9.71. The fraction of sp³-hybridized carbons (Fsp3) is 0.519. The van der Waals surface area contributed by atoms with E-state index in [1.54, 1.807) is 0 Å². The van der Waals surface area contributed by atoms with E-state index in [9.17, 15) is 18.0 Å². The van der Waals surface area contributed by atoms with Crippen molar-refractivity contribution < 1.29 is 22.7 Å². The molecule has 1 fully saturated rings. The summed E-state index contributed by atoms with van der Waals surface area (Å²) in [6.07, 6.45) is 0.391. The third kappa shape index (κ3) is 6.83. The van der Waals surface area contributed by atoms with Crippen LogP contribution in [0.1, 0.15) is 63.1 Å². The zero-order valence-electron chi connectivity index (χ0n) is 19.9. The first-order valence-corrected chi connectivity index (χ1v) is 11.6. The second-order valence-electron chi connectivity index (χ2n) is 10.1. The van der Waals surface area contributed by atoms with Gasteiger partial charge >= 0.3 is 12.1 Å². The lowest BCUT2D eigenvalue weighted by molar-refractivity contribution is -0.140. The van der Waals surface area contributed by atoms with Crippen molar-refractivity contribution in [1.82, 2.24) is 5.32 Å². The highest BCUT2D eigenvalue weighted by Crippen LogP contribution is 2.38. The molecule has 0 saturated heterocycles. The molecule has 0 aromatic heterocycles. The van der Waals surface area contributed by atoms with Gasteiger partial charge in [-0.2, -0.15) is 13.2 Å². The molecule has 0 heterocycles. The molecule has 1 aliphatic carbocycles. The van der Waals surface area contributed by atoms with E-state index in [0.717, 1.165) is 47.6 Å². The van der Waals surface area contributed by atoms with Gasteiger partial charge < -0.3 is 10.1 Å². The number of hydrogen-bond acceptors (Lipinski definition) is 3. The second kappa shape index (κ2) is 10.3. The Labute approximate surface area is 194 Å². The number of methoxy groups -OCH3 is 1. The predicted octanol–water partition coefficient (Wildman–Crippen LogP) is 6.78. The molecule has 3 nitrogen and oxygen atoms in total. The van der Waals surface area contributed by atoms with Gasteiger partial charge in [-0.25, -0.2) is 0 Å². The predicted molar refractivity (Wildman–Crippen MR) is 125 cm³/mol. The number of alkyl halides is 3. The number of ether oxygens (including phenoxy) is 1. The molecule has 3 rings (SSSR count). The van der Waals surface area contributed by atoms with Crippen LogP contribution in [0.2, 0.25) is 0 Å².